The fourth-order valence-electron chi connectivity index (χ4n) is 1.44. The molecule has 2 rings (SSSR count). The van der Waals surface area contributed by atoms with Gasteiger partial charge < -0.3 is 11.1 Å². The molecule has 0 saturated heterocycles. The number of aromatic nitrogens is 5. The maximum absolute atomic E-state index is 5.61. The monoisotopic (exact) mass is 233 g/mol. The second kappa shape index (κ2) is 4.77. The van der Waals surface area contributed by atoms with Gasteiger partial charge in [-0.25, -0.2) is 0 Å². The molecule has 0 aliphatic carbocycles. The highest BCUT2D eigenvalue weighted by atomic mass is 15.2. The Morgan fingerprint density at radius 2 is 2.24 bits per heavy atom. The van der Waals surface area contributed by atoms with E-state index in [9.17, 15) is 0 Å². The minimum atomic E-state index is 0.0558. The molecule has 0 fully saturated rings. The molecule has 0 saturated carbocycles. The van der Waals surface area contributed by atoms with Gasteiger partial charge in [0.15, 0.2) is 0 Å². The van der Waals surface area contributed by atoms with Crippen LogP contribution in [0.15, 0.2) is 12.4 Å². The van der Waals surface area contributed by atoms with E-state index in [-0.39, 0.29) is 12.0 Å². The second-order valence-corrected chi connectivity index (χ2v) is 3.68. The Labute approximate surface area is 98.9 Å². The van der Waals surface area contributed by atoms with E-state index in [4.69, 9.17) is 5.73 Å². The van der Waals surface area contributed by atoms with Crippen molar-refractivity contribution in [2.24, 2.45) is 0 Å². The van der Waals surface area contributed by atoms with E-state index < -0.39 is 0 Å². The van der Waals surface area contributed by atoms with E-state index in [1.165, 1.54) is 0 Å². The highest BCUT2D eigenvalue weighted by molar-refractivity contribution is 5.34. The number of rotatable bonds is 4. The zero-order valence-electron chi connectivity index (χ0n) is 9.81. The van der Waals surface area contributed by atoms with Crippen LogP contribution in [0.3, 0.4) is 0 Å². The minimum Gasteiger partial charge on any atom is -0.368 e. The Bertz CT molecular complexity index is 479. The van der Waals surface area contributed by atoms with Crippen LogP contribution in [-0.4, -0.2) is 25.1 Å². The number of nitrogens with zero attached hydrogens (tertiary/aromatic N) is 4. The summed E-state index contributed by atoms with van der Waals surface area (Å²) in [7, 11) is 0. The molecule has 1 atom stereocenters. The van der Waals surface area contributed by atoms with Crippen molar-refractivity contribution in [2.75, 3.05) is 11.1 Å². The fraction of sp³-hybridized carbons (Fsp3) is 0.400. The normalized spacial score (nSPS) is 12.4. The van der Waals surface area contributed by atoms with Gasteiger partial charge in [0, 0.05) is 18.2 Å². The van der Waals surface area contributed by atoms with E-state index in [0.717, 1.165) is 12.0 Å². The van der Waals surface area contributed by atoms with Crippen molar-refractivity contribution in [3.63, 3.8) is 0 Å². The standard InChI is InChI=1S/C10H15N7/c1-3-8-15-9(11)17-10(16-8)14-6(2)7-4-12-13-5-7/h4-6H,3H2,1-2H3,(H,12,13)(H3,11,14,15,16,17). The molecule has 0 bridgehead atoms. The average molecular weight is 233 g/mol. The Morgan fingerprint density at radius 1 is 1.41 bits per heavy atom. The van der Waals surface area contributed by atoms with Crippen LogP contribution in [0.5, 0.6) is 0 Å². The number of aryl methyl sites for hydroxylation is 1. The first-order valence-electron chi connectivity index (χ1n) is 5.44. The predicted molar refractivity (Wildman–Crippen MR) is 64.2 cm³/mol. The van der Waals surface area contributed by atoms with Crippen LogP contribution in [0.25, 0.3) is 0 Å². The molecule has 0 amide bonds. The molecule has 7 nitrogen and oxygen atoms in total. The van der Waals surface area contributed by atoms with E-state index in [2.05, 4.69) is 30.5 Å². The molecule has 0 aliphatic rings. The van der Waals surface area contributed by atoms with Gasteiger partial charge in [0.1, 0.15) is 5.82 Å². The molecule has 90 valence electrons. The maximum Gasteiger partial charge on any atom is 0.228 e. The number of hydrogen-bond acceptors (Lipinski definition) is 6. The lowest BCUT2D eigenvalue weighted by Gasteiger charge is -2.12. The molecule has 17 heavy (non-hydrogen) atoms. The Hall–Kier alpha value is -2.18. The van der Waals surface area contributed by atoms with Crippen molar-refractivity contribution in [2.45, 2.75) is 26.3 Å². The quantitative estimate of drug-likeness (QED) is 0.725. The Balaban J connectivity index is 2.15. The highest BCUT2D eigenvalue weighted by Gasteiger charge is 2.09. The lowest BCUT2D eigenvalue weighted by atomic mass is 10.2. The van der Waals surface area contributed by atoms with Gasteiger partial charge in [-0.2, -0.15) is 20.1 Å². The van der Waals surface area contributed by atoms with E-state index in [1.54, 1.807) is 6.20 Å². The van der Waals surface area contributed by atoms with Gasteiger partial charge in [0.25, 0.3) is 0 Å². The van der Waals surface area contributed by atoms with Crippen molar-refractivity contribution in [1.29, 1.82) is 0 Å². The third-order valence-electron chi connectivity index (χ3n) is 2.38. The predicted octanol–water partition coefficient (Wildman–Crippen LogP) is 0.912. The van der Waals surface area contributed by atoms with Gasteiger partial charge in [0.2, 0.25) is 11.9 Å². The van der Waals surface area contributed by atoms with Gasteiger partial charge in [0.05, 0.1) is 12.2 Å². The fourth-order valence-corrected chi connectivity index (χ4v) is 1.44. The summed E-state index contributed by atoms with van der Waals surface area (Å²) in [4.78, 5) is 12.3. The van der Waals surface area contributed by atoms with Crippen molar-refractivity contribution < 1.29 is 0 Å². The van der Waals surface area contributed by atoms with Crippen LogP contribution >= 0.6 is 0 Å². The Kier molecular flexibility index (Phi) is 3.17. The molecule has 0 radical (unpaired) electrons. The summed E-state index contributed by atoms with van der Waals surface area (Å²) in [6.45, 7) is 3.97. The summed E-state index contributed by atoms with van der Waals surface area (Å²) in [6.07, 6.45) is 4.30. The topological polar surface area (TPSA) is 105 Å². The molecular formula is C10H15N7. The van der Waals surface area contributed by atoms with Crippen LogP contribution in [0.1, 0.15) is 31.3 Å². The lowest BCUT2D eigenvalue weighted by molar-refractivity contribution is 0.835. The number of hydrogen-bond donors (Lipinski definition) is 3. The summed E-state index contributed by atoms with van der Waals surface area (Å²) in [6, 6.07) is 0.0558. The van der Waals surface area contributed by atoms with Crippen molar-refractivity contribution in [1.82, 2.24) is 25.1 Å². The molecular weight excluding hydrogens is 218 g/mol. The maximum atomic E-state index is 5.61. The molecule has 1 unspecified atom stereocenters. The van der Waals surface area contributed by atoms with Gasteiger partial charge in [-0.05, 0) is 6.92 Å². The SMILES string of the molecule is CCc1nc(N)nc(NC(C)c2cn[nH]c2)n1. The average Bonchev–Trinajstić information content (AvgIpc) is 2.81. The minimum absolute atomic E-state index is 0.0558. The number of anilines is 2. The lowest BCUT2D eigenvalue weighted by Crippen LogP contribution is -2.12. The first kappa shape index (κ1) is 11.3. The molecule has 2 aromatic heterocycles. The summed E-state index contributed by atoms with van der Waals surface area (Å²) >= 11 is 0. The zero-order chi connectivity index (χ0) is 12.3. The number of nitrogens with two attached hydrogens (primary N) is 1. The number of aromatic amines is 1. The van der Waals surface area contributed by atoms with Crippen LogP contribution in [-0.2, 0) is 6.42 Å². The third kappa shape index (κ3) is 2.68. The van der Waals surface area contributed by atoms with Crippen LogP contribution < -0.4 is 11.1 Å². The van der Waals surface area contributed by atoms with Gasteiger partial charge in [-0.1, -0.05) is 6.92 Å². The van der Waals surface area contributed by atoms with Crippen LogP contribution in [0, 0.1) is 0 Å². The van der Waals surface area contributed by atoms with Crippen molar-refractivity contribution >= 4 is 11.9 Å². The molecule has 2 heterocycles. The molecule has 0 aromatic carbocycles. The molecule has 0 aliphatic heterocycles. The summed E-state index contributed by atoms with van der Waals surface area (Å²) < 4.78 is 0. The van der Waals surface area contributed by atoms with E-state index in [0.29, 0.717) is 11.8 Å². The second-order valence-electron chi connectivity index (χ2n) is 3.68. The number of nitrogens with one attached hydrogen (secondary N) is 2. The van der Waals surface area contributed by atoms with E-state index in [1.807, 2.05) is 20.0 Å². The Morgan fingerprint density at radius 3 is 2.88 bits per heavy atom. The van der Waals surface area contributed by atoms with Gasteiger partial charge >= 0.3 is 0 Å². The van der Waals surface area contributed by atoms with Gasteiger partial charge in [-0.3, -0.25) is 5.10 Å². The van der Waals surface area contributed by atoms with Crippen LogP contribution in [0.2, 0.25) is 0 Å². The third-order valence-corrected chi connectivity index (χ3v) is 2.38. The molecule has 4 N–H and O–H groups in total. The number of H-pyrrole nitrogens is 1. The summed E-state index contributed by atoms with van der Waals surface area (Å²) in [5.41, 5.74) is 6.64. The largest absolute Gasteiger partial charge is 0.368 e. The first-order chi connectivity index (χ1) is 8.19. The van der Waals surface area contributed by atoms with Gasteiger partial charge in [-0.15, -0.1) is 0 Å². The summed E-state index contributed by atoms with van der Waals surface area (Å²) in [5, 5.41) is 9.81. The molecule has 7 heteroatoms. The van der Waals surface area contributed by atoms with E-state index >= 15 is 0 Å². The zero-order valence-corrected chi connectivity index (χ0v) is 9.81. The molecule has 2 aromatic rings. The van der Waals surface area contributed by atoms with Crippen molar-refractivity contribution in [3.05, 3.63) is 23.8 Å². The highest BCUT2D eigenvalue weighted by Crippen LogP contribution is 2.15. The first-order valence-corrected chi connectivity index (χ1v) is 5.44. The van der Waals surface area contributed by atoms with Crippen LogP contribution in [0.4, 0.5) is 11.9 Å². The smallest absolute Gasteiger partial charge is 0.228 e. The summed E-state index contributed by atoms with van der Waals surface area (Å²) in [5.74, 6) is 1.40. The number of nitrogen functional groups attached to an aromatic ring is 1. The van der Waals surface area contributed by atoms with Crippen molar-refractivity contribution in [3.8, 4) is 0 Å². The molecule has 0 spiro atoms.